The van der Waals surface area contributed by atoms with Gasteiger partial charge in [-0.05, 0) is 42.8 Å². The number of hydrogen-bond donors (Lipinski definition) is 1. The Kier molecular flexibility index (Phi) is 6.65. The Morgan fingerprint density at radius 2 is 1.79 bits per heavy atom. The van der Waals surface area contributed by atoms with Crippen LogP contribution in [0.25, 0.3) is 6.08 Å². The van der Waals surface area contributed by atoms with Crippen molar-refractivity contribution in [1.82, 2.24) is 5.32 Å². The average molecular weight is 477 g/mol. The zero-order chi connectivity index (χ0) is 24.2. The summed E-state index contributed by atoms with van der Waals surface area (Å²) >= 11 is 6.19. The van der Waals surface area contributed by atoms with E-state index < -0.39 is 17.8 Å². The number of amides is 4. The highest BCUT2D eigenvalue weighted by molar-refractivity contribution is 6.42. The van der Waals surface area contributed by atoms with Crippen molar-refractivity contribution in [3.05, 3.63) is 94.0 Å². The van der Waals surface area contributed by atoms with Gasteiger partial charge in [0.1, 0.15) is 23.7 Å². The maximum Gasteiger partial charge on any atom is 0.335 e. The Morgan fingerprint density at radius 3 is 2.53 bits per heavy atom. The van der Waals surface area contributed by atoms with Crippen LogP contribution in [-0.2, 0) is 16.2 Å². The molecule has 34 heavy (non-hydrogen) atoms. The first-order valence-electron chi connectivity index (χ1n) is 10.4. The van der Waals surface area contributed by atoms with Crippen LogP contribution in [0.3, 0.4) is 0 Å². The minimum absolute atomic E-state index is 0.177. The SMILES string of the molecule is COc1ccc(/C=C2\C(=O)NC(=O)N(c3ccccc3Cl)C2=O)c(OCc2cccc(C)c2)c1. The highest BCUT2D eigenvalue weighted by atomic mass is 35.5. The molecule has 0 aliphatic carbocycles. The van der Waals surface area contributed by atoms with Crippen LogP contribution in [-0.4, -0.2) is 25.0 Å². The number of hydrogen-bond acceptors (Lipinski definition) is 5. The van der Waals surface area contributed by atoms with Crippen LogP contribution in [0.4, 0.5) is 10.5 Å². The van der Waals surface area contributed by atoms with Crippen molar-refractivity contribution in [2.24, 2.45) is 0 Å². The van der Waals surface area contributed by atoms with Gasteiger partial charge in [-0.3, -0.25) is 14.9 Å². The second-order valence-electron chi connectivity index (χ2n) is 7.59. The number of nitrogens with zero attached hydrogens (tertiary/aromatic N) is 1. The molecule has 1 saturated heterocycles. The molecule has 0 unspecified atom stereocenters. The number of aryl methyl sites for hydroxylation is 1. The van der Waals surface area contributed by atoms with Gasteiger partial charge in [-0.1, -0.05) is 53.6 Å². The number of ether oxygens (including phenoxy) is 2. The minimum atomic E-state index is -0.870. The fourth-order valence-electron chi connectivity index (χ4n) is 3.51. The number of barbiturate groups is 1. The van der Waals surface area contributed by atoms with Crippen molar-refractivity contribution in [3.8, 4) is 11.5 Å². The summed E-state index contributed by atoms with van der Waals surface area (Å²) in [5.74, 6) is -0.634. The number of carbonyl (C=O) groups excluding carboxylic acids is 3. The van der Waals surface area contributed by atoms with Gasteiger partial charge in [0.25, 0.3) is 11.8 Å². The quantitative estimate of drug-likeness (QED) is 0.404. The lowest BCUT2D eigenvalue weighted by atomic mass is 10.1. The molecule has 0 saturated carbocycles. The van der Waals surface area contributed by atoms with Gasteiger partial charge < -0.3 is 9.47 Å². The first-order chi connectivity index (χ1) is 16.4. The third-order valence-corrected chi connectivity index (χ3v) is 5.51. The molecule has 0 bridgehead atoms. The van der Waals surface area contributed by atoms with E-state index in [1.807, 2.05) is 31.2 Å². The molecule has 1 aliphatic rings. The van der Waals surface area contributed by atoms with E-state index >= 15 is 0 Å². The molecule has 1 fully saturated rings. The Morgan fingerprint density at radius 1 is 1.00 bits per heavy atom. The van der Waals surface area contributed by atoms with E-state index in [1.54, 1.807) is 36.4 Å². The standard InChI is InChI=1S/C26H21ClN2O5/c1-16-6-5-7-17(12-16)15-34-23-14-19(33-2)11-10-18(23)13-20-24(30)28-26(32)29(25(20)31)22-9-4-3-8-21(22)27/h3-14H,15H2,1-2H3,(H,28,30,32)/b20-13+. The van der Waals surface area contributed by atoms with E-state index in [4.69, 9.17) is 21.1 Å². The van der Waals surface area contributed by atoms with Gasteiger partial charge in [0.2, 0.25) is 0 Å². The number of carbonyl (C=O) groups is 3. The second-order valence-corrected chi connectivity index (χ2v) is 8.00. The molecular formula is C26H21ClN2O5. The molecule has 0 atom stereocenters. The number of rotatable bonds is 6. The summed E-state index contributed by atoms with van der Waals surface area (Å²) in [7, 11) is 1.53. The van der Waals surface area contributed by atoms with E-state index in [0.29, 0.717) is 17.1 Å². The summed E-state index contributed by atoms with van der Waals surface area (Å²) in [5, 5.41) is 2.40. The molecule has 4 amide bonds. The summed E-state index contributed by atoms with van der Waals surface area (Å²) in [6.07, 6.45) is 1.39. The van der Waals surface area contributed by atoms with Gasteiger partial charge in [-0.2, -0.15) is 0 Å². The molecule has 3 aromatic carbocycles. The number of urea groups is 1. The summed E-state index contributed by atoms with van der Waals surface area (Å²) in [6.45, 7) is 2.26. The van der Waals surface area contributed by atoms with Crippen LogP contribution in [0.5, 0.6) is 11.5 Å². The fourth-order valence-corrected chi connectivity index (χ4v) is 3.73. The maximum absolute atomic E-state index is 13.2. The Balaban J connectivity index is 1.70. The molecule has 7 nitrogen and oxygen atoms in total. The molecule has 3 aromatic rings. The zero-order valence-electron chi connectivity index (χ0n) is 18.5. The molecule has 0 aromatic heterocycles. The molecule has 1 aliphatic heterocycles. The molecule has 1 heterocycles. The number of benzene rings is 3. The first kappa shape index (κ1) is 23.1. The monoisotopic (exact) mass is 476 g/mol. The van der Waals surface area contributed by atoms with Gasteiger partial charge in [0.15, 0.2) is 0 Å². The van der Waals surface area contributed by atoms with E-state index in [2.05, 4.69) is 5.32 Å². The van der Waals surface area contributed by atoms with Crippen molar-refractivity contribution < 1.29 is 23.9 Å². The van der Waals surface area contributed by atoms with Crippen molar-refractivity contribution in [2.75, 3.05) is 12.0 Å². The van der Waals surface area contributed by atoms with Crippen molar-refractivity contribution in [2.45, 2.75) is 13.5 Å². The van der Waals surface area contributed by atoms with Gasteiger partial charge in [0, 0.05) is 11.6 Å². The number of imide groups is 2. The van der Waals surface area contributed by atoms with E-state index in [0.717, 1.165) is 16.0 Å². The van der Waals surface area contributed by atoms with Crippen LogP contribution in [0.2, 0.25) is 5.02 Å². The Labute approximate surface area is 201 Å². The minimum Gasteiger partial charge on any atom is -0.497 e. The third kappa shape index (κ3) is 4.79. The topological polar surface area (TPSA) is 84.9 Å². The van der Waals surface area contributed by atoms with Crippen molar-refractivity contribution in [3.63, 3.8) is 0 Å². The molecule has 4 rings (SSSR count). The van der Waals surface area contributed by atoms with E-state index in [9.17, 15) is 14.4 Å². The van der Waals surface area contributed by atoms with Crippen LogP contribution in [0.1, 0.15) is 16.7 Å². The number of halogens is 1. The second kappa shape index (κ2) is 9.80. The van der Waals surface area contributed by atoms with Crippen LogP contribution in [0.15, 0.2) is 72.3 Å². The number of nitrogens with one attached hydrogen (secondary N) is 1. The molecule has 0 radical (unpaired) electrons. The van der Waals surface area contributed by atoms with E-state index in [1.165, 1.54) is 19.3 Å². The van der Waals surface area contributed by atoms with Gasteiger partial charge in [-0.25, -0.2) is 9.69 Å². The smallest absolute Gasteiger partial charge is 0.335 e. The number of methoxy groups -OCH3 is 1. The predicted molar refractivity (Wildman–Crippen MR) is 129 cm³/mol. The normalized spacial score (nSPS) is 14.9. The third-order valence-electron chi connectivity index (χ3n) is 5.19. The maximum atomic E-state index is 13.2. The number of para-hydroxylation sites is 1. The highest BCUT2D eigenvalue weighted by Gasteiger charge is 2.37. The average Bonchev–Trinajstić information content (AvgIpc) is 2.82. The van der Waals surface area contributed by atoms with Crippen molar-refractivity contribution >= 4 is 41.2 Å². The molecule has 1 N–H and O–H groups in total. The van der Waals surface area contributed by atoms with Crippen molar-refractivity contribution in [1.29, 1.82) is 0 Å². The lowest BCUT2D eigenvalue weighted by Gasteiger charge is -2.27. The predicted octanol–water partition coefficient (Wildman–Crippen LogP) is 4.90. The fraction of sp³-hybridized carbons (Fsp3) is 0.115. The van der Waals surface area contributed by atoms with Gasteiger partial charge in [0.05, 0.1) is 17.8 Å². The molecule has 8 heteroatoms. The molecular weight excluding hydrogens is 456 g/mol. The first-order valence-corrected chi connectivity index (χ1v) is 10.8. The summed E-state index contributed by atoms with van der Waals surface area (Å²) in [4.78, 5) is 39.1. The highest BCUT2D eigenvalue weighted by Crippen LogP contribution is 2.31. The van der Waals surface area contributed by atoms with E-state index in [-0.39, 0.29) is 22.9 Å². The number of anilines is 1. The Bertz CT molecular complexity index is 1320. The lowest BCUT2D eigenvalue weighted by Crippen LogP contribution is -2.54. The zero-order valence-corrected chi connectivity index (χ0v) is 19.3. The lowest BCUT2D eigenvalue weighted by molar-refractivity contribution is -0.122. The van der Waals surface area contributed by atoms with Gasteiger partial charge >= 0.3 is 6.03 Å². The molecule has 172 valence electrons. The summed E-state index contributed by atoms with van der Waals surface area (Å²) in [5.41, 5.74) is 2.48. The molecule has 0 spiro atoms. The van der Waals surface area contributed by atoms with Crippen LogP contribution >= 0.6 is 11.6 Å². The summed E-state index contributed by atoms with van der Waals surface area (Å²) in [6, 6.07) is 18.4. The Hall–Kier alpha value is -4.10. The summed E-state index contributed by atoms with van der Waals surface area (Å²) < 4.78 is 11.3. The van der Waals surface area contributed by atoms with Gasteiger partial charge in [-0.15, -0.1) is 0 Å². The largest absolute Gasteiger partial charge is 0.497 e. The van der Waals surface area contributed by atoms with Crippen LogP contribution < -0.4 is 19.7 Å². The van der Waals surface area contributed by atoms with Crippen LogP contribution in [0, 0.1) is 6.92 Å².